The van der Waals surface area contributed by atoms with Crippen LogP contribution in [0.3, 0.4) is 0 Å². The van der Waals surface area contributed by atoms with E-state index in [4.69, 9.17) is 9.97 Å². The van der Waals surface area contributed by atoms with Crippen molar-refractivity contribution in [2.24, 2.45) is 0 Å². The zero-order valence-corrected chi connectivity index (χ0v) is 18.6. The van der Waals surface area contributed by atoms with E-state index in [1.165, 1.54) is 11.3 Å². The summed E-state index contributed by atoms with van der Waals surface area (Å²) in [5, 5.41) is 18.0. The zero-order valence-electron chi connectivity index (χ0n) is 17.8. The normalized spacial score (nSPS) is 21.0. The van der Waals surface area contributed by atoms with E-state index >= 15 is 0 Å². The van der Waals surface area contributed by atoms with Gasteiger partial charge < -0.3 is 15.3 Å². The van der Waals surface area contributed by atoms with Crippen molar-refractivity contribution in [1.29, 1.82) is 0 Å². The van der Waals surface area contributed by atoms with Gasteiger partial charge in [0.05, 0.1) is 46.2 Å². The standard InChI is InChI=1S/C23H26N6O2S/c30-15-23(9-4-10-23)27-21-20-18(8-12-32(20)31)25-22(26-21)28-11-7-19-16(14-28)13-24-29(19)17-5-2-1-3-6-17/h1-3,5-6,13,30H,4,7-12,14-15H2,(H,25,26,27)/t32-/m0/s1. The molecule has 0 radical (unpaired) electrons. The van der Waals surface area contributed by atoms with Crippen LogP contribution < -0.4 is 10.2 Å². The molecule has 1 saturated carbocycles. The van der Waals surface area contributed by atoms with E-state index in [1.54, 1.807) is 0 Å². The van der Waals surface area contributed by atoms with Crippen LogP contribution in [0.15, 0.2) is 41.4 Å². The molecule has 6 rings (SSSR count). The number of benzene rings is 1. The molecule has 0 amide bonds. The number of para-hydroxylation sites is 1. The fourth-order valence-electron chi connectivity index (χ4n) is 4.88. The molecule has 166 valence electrons. The molecule has 1 fully saturated rings. The van der Waals surface area contributed by atoms with Gasteiger partial charge in [-0.15, -0.1) is 0 Å². The van der Waals surface area contributed by atoms with Crippen molar-refractivity contribution < 1.29 is 9.32 Å². The smallest absolute Gasteiger partial charge is 0.227 e. The minimum atomic E-state index is -1.09. The van der Waals surface area contributed by atoms with E-state index in [-0.39, 0.29) is 12.1 Å². The van der Waals surface area contributed by atoms with Gasteiger partial charge in [-0.3, -0.25) is 4.21 Å². The Balaban J connectivity index is 1.32. The lowest BCUT2D eigenvalue weighted by molar-refractivity contribution is 0.143. The average molecular weight is 451 g/mol. The third-order valence-electron chi connectivity index (χ3n) is 6.89. The van der Waals surface area contributed by atoms with E-state index in [0.29, 0.717) is 30.5 Å². The maximum Gasteiger partial charge on any atom is 0.227 e. The Hall–Kier alpha value is -2.78. The number of fused-ring (bicyclic) bond motifs is 2. The largest absolute Gasteiger partial charge is 0.394 e. The number of nitrogens with one attached hydrogen (secondary N) is 1. The maximum absolute atomic E-state index is 12.7. The SMILES string of the molecule is O=[S@]1CCc2nc(N3CCc4c(cnn4-c4ccccc4)C3)nc(NC3(CO)CCC3)c21. The lowest BCUT2D eigenvalue weighted by Crippen LogP contribution is -2.48. The molecule has 8 nitrogen and oxygen atoms in total. The first-order valence-corrected chi connectivity index (χ1v) is 12.5. The summed E-state index contributed by atoms with van der Waals surface area (Å²) in [5.41, 5.74) is 3.99. The third kappa shape index (κ3) is 3.22. The highest BCUT2D eigenvalue weighted by molar-refractivity contribution is 7.85. The van der Waals surface area contributed by atoms with Gasteiger partial charge in [-0.05, 0) is 31.4 Å². The summed E-state index contributed by atoms with van der Waals surface area (Å²) in [6, 6.07) is 10.2. The average Bonchev–Trinajstić information content (AvgIpc) is 3.40. The number of aryl methyl sites for hydroxylation is 1. The summed E-state index contributed by atoms with van der Waals surface area (Å²) in [6.45, 7) is 1.53. The van der Waals surface area contributed by atoms with Crippen molar-refractivity contribution in [1.82, 2.24) is 19.7 Å². The molecule has 2 aliphatic heterocycles. The Kier molecular flexibility index (Phi) is 4.76. The first kappa shape index (κ1) is 19.9. The van der Waals surface area contributed by atoms with Gasteiger partial charge in [-0.1, -0.05) is 18.2 Å². The Bertz CT molecular complexity index is 1190. The second-order valence-corrected chi connectivity index (χ2v) is 10.4. The highest BCUT2D eigenvalue weighted by Crippen LogP contribution is 2.38. The van der Waals surface area contributed by atoms with Crippen LogP contribution in [-0.4, -0.2) is 53.5 Å². The fourth-order valence-corrected chi connectivity index (χ4v) is 6.19. The molecular formula is C23H26N6O2S. The molecule has 1 aliphatic carbocycles. The topological polar surface area (TPSA) is 96.2 Å². The monoisotopic (exact) mass is 450 g/mol. The molecule has 9 heteroatoms. The van der Waals surface area contributed by atoms with Gasteiger partial charge in [0.1, 0.15) is 10.7 Å². The molecule has 0 saturated heterocycles. The summed E-state index contributed by atoms with van der Waals surface area (Å²) in [6.07, 6.45) is 6.36. The molecule has 3 aliphatic rings. The van der Waals surface area contributed by atoms with Gasteiger partial charge in [-0.2, -0.15) is 10.1 Å². The minimum absolute atomic E-state index is 0.0550. The Morgan fingerprint density at radius 2 is 2.00 bits per heavy atom. The quantitative estimate of drug-likeness (QED) is 0.615. The van der Waals surface area contributed by atoms with Crippen LogP contribution in [0.25, 0.3) is 5.69 Å². The van der Waals surface area contributed by atoms with Gasteiger partial charge in [0.2, 0.25) is 5.95 Å². The van der Waals surface area contributed by atoms with Gasteiger partial charge in [0, 0.05) is 37.2 Å². The number of rotatable bonds is 5. The highest BCUT2D eigenvalue weighted by Gasteiger charge is 2.39. The summed E-state index contributed by atoms with van der Waals surface area (Å²) in [4.78, 5) is 12.6. The molecular weight excluding hydrogens is 424 g/mol. The van der Waals surface area contributed by atoms with Crippen molar-refractivity contribution in [2.45, 2.75) is 49.1 Å². The van der Waals surface area contributed by atoms with E-state index < -0.39 is 10.8 Å². The predicted molar refractivity (Wildman–Crippen MR) is 123 cm³/mol. The summed E-state index contributed by atoms with van der Waals surface area (Å²) < 4.78 is 14.7. The summed E-state index contributed by atoms with van der Waals surface area (Å²) in [5.74, 6) is 1.89. The molecule has 2 aromatic heterocycles. The Morgan fingerprint density at radius 3 is 2.75 bits per heavy atom. The number of hydrogen-bond acceptors (Lipinski definition) is 7. The summed E-state index contributed by atoms with van der Waals surface area (Å²) in [7, 11) is -1.09. The van der Waals surface area contributed by atoms with Crippen molar-refractivity contribution in [3.63, 3.8) is 0 Å². The highest BCUT2D eigenvalue weighted by atomic mass is 32.2. The second-order valence-electron chi connectivity index (χ2n) is 8.90. The first-order valence-electron chi connectivity index (χ1n) is 11.2. The van der Waals surface area contributed by atoms with Crippen LogP contribution in [-0.2, 0) is 30.2 Å². The Morgan fingerprint density at radius 1 is 1.16 bits per heavy atom. The lowest BCUT2D eigenvalue weighted by Gasteiger charge is -2.41. The van der Waals surface area contributed by atoms with Crippen LogP contribution in [0.4, 0.5) is 11.8 Å². The number of aliphatic hydroxyl groups excluding tert-OH is 1. The summed E-state index contributed by atoms with van der Waals surface area (Å²) >= 11 is 0. The van der Waals surface area contributed by atoms with Crippen molar-refractivity contribution in [3.8, 4) is 5.69 Å². The van der Waals surface area contributed by atoms with E-state index in [1.807, 2.05) is 29.1 Å². The molecule has 32 heavy (non-hydrogen) atoms. The van der Waals surface area contributed by atoms with Crippen LogP contribution in [0.2, 0.25) is 0 Å². The number of anilines is 2. The molecule has 2 N–H and O–H groups in total. The van der Waals surface area contributed by atoms with Crippen LogP contribution in [0, 0.1) is 0 Å². The van der Waals surface area contributed by atoms with Crippen molar-refractivity contribution in [2.75, 3.05) is 29.1 Å². The number of aliphatic hydroxyl groups is 1. The third-order valence-corrected chi connectivity index (χ3v) is 8.35. The Labute approximate surface area is 189 Å². The number of aromatic nitrogens is 4. The maximum atomic E-state index is 12.7. The lowest BCUT2D eigenvalue weighted by atomic mass is 9.77. The van der Waals surface area contributed by atoms with Crippen molar-refractivity contribution >= 4 is 22.6 Å². The van der Waals surface area contributed by atoms with Gasteiger partial charge in [-0.25, -0.2) is 9.67 Å². The van der Waals surface area contributed by atoms with Crippen LogP contribution >= 0.6 is 0 Å². The molecule has 4 heterocycles. The molecule has 1 atom stereocenters. The zero-order chi connectivity index (χ0) is 21.7. The minimum Gasteiger partial charge on any atom is -0.394 e. The fraction of sp³-hybridized carbons (Fsp3) is 0.435. The molecule has 0 unspecified atom stereocenters. The van der Waals surface area contributed by atoms with Crippen LogP contribution in [0.1, 0.15) is 36.2 Å². The number of hydrogen-bond donors (Lipinski definition) is 2. The van der Waals surface area contributed by atoms with Gasteiger partial charge >= 0.3 is 0 Å². The van der Waals surface area contributed by atoms with Crippen molar-refractivity contribution in [3.05, 3.63) is 53.5 Å². The second kappa shape index (κ2) is 7.67. The predicted octanol–water partition coefficient (Wildman–Crippen LogP) is 2.22. The van der Waals surface area contributed by atoms with E-state index in [0.717, 1.165) is 48.5 Å². The molecule has 1 aromatic carbocycles. The van der Waals surface area contributed by atoms with Crippen LogP contribution in [0.5, 0.6) is 0 Å². The molecule has 3 aromatic rings. The van der Waals surface area contributed by atoms with Gasteiger partial charge in [0.15, 0.2) is 0 Å². The van der Waals surface area contributed by atoms with E-state index in [9.17, 15) is 9.32 Å². The first-order chi connectivity index (χ1) is 15.7. The molecule has 0 spiro atoms. The molecule has 0 bridgehead atoms. The van der Waals surface area contributed by atoms with Gasteiger partial charge in [0.25, 0.3) is 0 Å². The number of nitrogens with zero attached hydrogens (tertiary/aromatic N) is 5. The van der Waals surface area contributed by atoms with E-state index in [2.05, 4.69) is 27.4 Å².